The lowest BCUT2D eigenvalue weighted by Crippen LogP contribution is -2.47. The first-order valence-corrected chi connectivity index (χ1v) is 11.1. The summed E-state index contributed by atoms with van der Waals surface area (Å²) in [7, 11) is -3.50. The fraction of sp³-hybridized carbons (Fsp3) is 0.381. The zero-order valence-corrected chi connectivity index (χ0v) is 16.8. The molecule has 1 heterocycles. The summed E-state index contributed by atoms with van der Waals surface area (Å²) in [6.45, 7) is 3.98. The minimum atomic E-state index is -3.50. The SMILES string of the molecule is CCCC(=O)N1c2ccccc2C(N(c2ccccc2)S(C)(=O)=O)CC1C. The third-order valence-corrected chi connectivity index (χ3v) is 6.12. The summed E-state index contributed by atoms with van der Waals surface area (Å²) in [4.78, 5) is 14.5. The number of rotatable bonds is 5. The van der Waals surface area contributed by atoms with Crippen molar-refractivity contribution in [2.24, 2.45) is 0 Å². The molecule has 0 saturated heterocycles. The van der Waals surface area contributed by atoms with Crippen LogP contribution in [0.1, 0.15) is 44.7 Å². The van der Waals surface area contributed by atoms with Crippen LogP contribution in [-0.4, -0.2) is 26.6 Å². The van der Waals surface area contributed by atoms with E-state index in [-0.39, 0.29) is 18.0 Å². The van der Waals surface area contributed by atoms with Crippen molar-refractivity contribution in [3.63, 3.8) is 0 Å². The summed E-state index contributed by atoms with van der Waals surface area (Å²) in [6, 6.07) is 16.4. The first-order valence-electron chi connectivity index (χ1n) is 9.30. The summed E-state index contributed by atoms with van der Waals surface area (Å²) in [5.41, 5.74) is 2.32. The van der Waals surface area contributed by atoms with Crippen LogP contribution in [0.5, 0.6) is 0 Å². The molecule has 2 aromatic rings. The lowest BCUT2D eigenvalue weighted by Gasteiger charge is -2.43. The van der Waals surface area contributed by atoms with Gasteiger partial charge >= 0.3 is 0 Å². The fourth-order valence-corrected chi connectivity index (χ4v) is 5.06. The molecule has 2 aromatic carbocycles. The van der Waals surface area contributed by atoms with Gasteiger partial charge in [0, 0.05) is 18.2 Å². The van der Waals surface area contributed by atoms with E-state index in [2.05, 4.69) is 0 Å². The number of carbonyl (C=O) groups is 1. The van der Waals surface area contributed by atoms with Crippen LogP contribution < -0.4 is 9.21 Å². The number of hydrogen-bond donors (Lipinski definition) is 0. The molecular formula is C21H26N2O3S. The van der Waals surface area contributed by atoms with Crippen LogP contribution in [-0.2, 0) is 14.8 Å². The second-order valence-corrected chi connectivity index (χ2v) is 8.93. The fourth-order valence-electron chi connectivity index (χ4n) is 3.90. The number of amides is 1. The molecule has 0 spiro atoms. The summed E-state index contributed by atoms with van der Waals surface area (Å²) < 4.78 is 26.9. The van der Waals surface area contributed by atoms with Gasteiger partial charge in [0.05, 0.1) is 18.0 Å². The second-order valence-electron chi connectivity index (χ2n) is 7.07. The molecule has 0 fully saturated rings. The maximum atomic E-state index is 12.7. The van der Waals surface area contributed by atoms with E-state index in [4.69, 9.17) is 0 Å². The van der Waals surface area contributed by atoms with E-state index in [1.807, 2.05) is 73.3 Å². The second kappa shape index (κ2) is 7.72. The Morgan fingerprint density at radius 2 is 1.74 bits per heavy atom. The Bertz CT molecular complexity index is 912. The minimum absolute atomic E-state index is 0.0847. The van der Waals surface area contributed by atoms with Crippen molar-refractivity contribution in [1.29, 1.82) is 0 Å². The average Bonchev–Trinajstić information content (AvgIpc) is 2.62. The lowest BCUT2D eigenvalue weighted by molar-refractivity contribution is -0.119. The third-order valence-electron chi connectivity index (χ3n) is 4.94. The van der Waals surface area contributed by atoms with Crippen LogP contribution >= 0.6 is 0 Å². The Morgan fingerprint density at radius 3 is 2.37 bits per heavy atom. The summed E-state index contributed by atoms with van der Waals surface area (Å²) >= 11 is 0. The molecule has 1 aliphatic heterocycles. The maximum Gasteiger partial charge on any atom is 0.232 e. The number of carbonyl (C=O) groups excluding carboxylic acids is 1. The molecule has 2 atom stereocenters. The van der Waals surface area contributed by atoms with Gasteiger partial charge < -0.3 is 4.90 Å². The maximum absolute atomic E-state index is 12.7. The Morgan fingerprint density at radius 1 is 1.11 bits per heavy atom. The predicted molar refractivity (Wildman–Crippen MR) is 109 cm³/mol. The molecule has 144 valence electrons. The molecule has 0 aromatic heterocycles. The van der Waals surface area contributed by atoms with Crippen molar-refractivity contribution in [3.05, 3.63) is 60.2 Å². The summed E-state index contributed by atoms with van der Waals surface area (Å²) in [5, 5.41) is 0. The van der Waals surface area contributed by atoms with Crippen LogP contribution in [0.3, 0.4) is 0 Å². The van der Waals surface area contributed by atoms with Gasteiger partial charge in [0.25, 0.3) is 0 Å². The van der Waals surface area contributed by atoms with Crippen molar-refractivity contribution in [1.82, 2.24) is 0 Å². The van der Waals surface area contributed by atoms with E-state index >= 15 is 0 Å². The summed E-state index contributed by atoms with van der Waals surface area (Å²) in [6.07, 6.45) is 3.06. The zero-order chi connectivity index (χ0) is 19.6. The van der Waals surface area contributed by atoms with Gasteiger partial charge in [-0.1, -0.05) is 43.3 Å². The molecular weight excluding hydrogens is 360 g/mol. The van der Waals surface area contributed by atoms with Crippen LogP contribution in [0.4, 0.5) is 11.4 Å². The van der Waals surface area contributed by atoms with E-state index in [0.29, 0.717) is 18.5 Å². The normalized spacial score (nSPS) is 19.4. The number of para-hydroxylation sites is 2. The van der Waals surface area contributed by atoms with Gasteiger partial charge in [0.15, 0.2) is 0 Å². The Labute approximate surface area is 161 Å². The molecule has 27 heavy (non-hydrogen) atoms. The number of hydrogen-bond acceptors (Lipinski definition) is 3. The standard InChI is InChI=1S/C21H26N2O3S/c1-4-10-21(24)22-16(2)15-20(18-13-8-9-14-19(18)22)23(27(3,25)26)17-11-6-5-7-12-17/h5-9,11-14,16,20H,4,10,15H2,1-3H3. The van der Waals surface area contributed by atoms with E-state index < -0.39 is 10.0 Å². The van der Waals surface area contributed by atoms with Crippen molar-refractivity contribution < 1.29 is 13.2 Å². The number of sulfonamides is 1. The number of benzene rings is 2. The largest absolute Gasteiger partial charge is 0.309 e. The zero-order valence-electron chi connectivity index (χ0n) is 16.0. The van der Waals surface area contributed by atoms with Gasteiger partial charge in [-0.05, 0) is 43.5 Å². The van der Waals surface area contributed by atoms with Crippen molar-refractivity contribution >= 4 is 27.3 Å². The lowest BCUT2D eigenvalue weighted by atomic mass is 9.91. The molecule has 0 N–H and O–H groups in total. The summed E-state index contributed by atoms with van der Waals surface area (Å²) in [5.74, 6) is 0.0847. The topological polar surface area (TPSA) is 57.7 Å². The van der Waals surface area contributed by atoms with E-state index in [9.17, 15) is 13.2 Å². The molecule has 2 unspecified atom stereocenters. The Hall–Kier alpha value is -2.34. The number of nitrogens with zero attached hydrogens (tertiary/aromatic N) is 2. The molecule has 0 saturated carbocycles. The molecule has 6 heteroatoms. The Balaban J connectivity index is 2.13. The van der Waals surface area contributed by atoms with Gasteiger partial charge in [-0.15, -0.1) is 0 Å². The molecule has 3 rings (SSSR count). The number of fused-ring (bicyclic) bond motifs is 1. The van der Waals surface area contributed by atoms with Gasteiger partial charge in [0.2, 0.25) is 15.9 Å². The highest BCUT2D eigenvalue weighted by atomic mass is 32.2. The van der Waals surface area contributed by atoms with Gasteiger partial charge in [-0.2, -0.15) is 0 Å². The monoisotopic (exact) mass is 386 g/mol. The molecule has 0 radical (unpaired) electrons. The smallest absolute Gasteiger partial charge is 0.232 e. The van der Waals surface area contributed by atoms with E-state index in [0.717, 1.165) is 17.7 Å². The van der Waals surface area contributed by atoms with Crippen LogP contribution in [0.25, 0.3) is 0 Å². The predicted octanol–water partition coefficient (Wildman–Crippen LogP) is 4.12. The van der Waals surface area contributed by atoms with Crippen LogP contribution in [0.2, 0.25) is 0 Å². The quantitative estimate of drug-likeness (QED) is 0.777. The molecule has 1 aliphatic rings. The minimum Gasteiger partial charge on any atom is -0.309 e. The van der Waals surface area contributed by atoms with E-state index in [1.54, 1.807) is 0 Å². The van der Waals surface area contributed by atoms with Gasteiger partial charge in [-0.3, -0.25) is 9.10 Å². The highest BCUT2D eigenvalue weighted by molar-refractivity contribution is 7.92. The highest BCUT2D eigenvalue weighted by Crippen LogP contribution is 2.43. The third kappa shape index (κ3) is 3.86. The van der Waals surface area contributed by atoms with Gasteiger partial charge in [-0.25, -0.2) is 8.42 Å². The van der Waals surface area contributed by atoms with Gasteiger partial charge in [0.1, 0.15) is 0 Å². The average molecular weight is 387 g/mol. The van der Waals surface area contributed by atoms with Crippen molar-refractivity contribution in [2.45, 2.75) is 45.2 Å². The van der Waals surface area contributed by atoms with Crippen LogP contribution in [0, 0.1) is 0 Å². The van der Waals surface area contributed by atoms with Crippen LogP contribution in [0.15, 0.2) is 54.6 Å². The molecule has 0 aliphatic carbocycles. The molecule has 0 bridgehead atoms. The van der Waals surface area contributed by atoms with E-state index in [1.165, 1.54) is 10.6 Å². The highest BCUT2D eigenvalue weighted by Gasteiger charge is 2.38. The van der Waals surface area contributed by atoms with Crippen molar-refractivity contribution in [3.8, 4) is 0 Å². The molecule has 1 amide bonds. The first kappa shape index (κ1) is 19.4. The molecule has 5 nitrogen and oxygen atoms in total. The number of anilines is 2. The Kier molecular flexibility index (Phi) is 5.56. The van der Waals surface area contributed by atoms with Crippen molar-refractivity contribution in [2.75, 3.05) is 15.5 Å². The first-order chi connectivity index (χ1) is 12.8.